The zero-order valence-corrected chi connectivity index (χ0v) is 5.65. The van der Waals surface area contributed by atoms with Gasteiger partial charge in [-0.2, -0.15) is 0 Å². The number of hydrogen-bond donors (Lipinski definition) is 3. The topological polar surface area (TPSA) is 69.6 Å². The first-order valence-electron chi connectivity index (χ1n) is 2.65. The lowest BCUT2D eigenvalue weighted by Crippen LogP contribution is -2.54. The van der Waals surface area contributed by atoms with Crippen molar-refractivity contribution in [3.05, 3.63) is 0 Å². The lowest BCUT2D eigenvalue weighted by molar-refractivity contribution is -0.166. The van der Waals surface area contributed by atoms with E-state index in [-0.39, 0.29) is 5.75 Å². The maximum Gasteiger partial charge on any atom is 0.234 e. The van der Waals surface area contributed by atoms with Gasteiger partial charge in [0.25, 0.3) is 0 Å². The Kier molecular flexibility index (Phi) is 1.85. The first kappa shape index (κ1) is 7.14. The Labute approximate surface area is 55.3 Å². The van der Waals surface area contributed by atoms with Gasteiger partial charge in [0, 0.05) is 23.1 Å². The highest BCUT2D eigenvalue weighted by molar-refractivity contribution is 7.85. The minimum absolute atomic E-state index is 0.0903. The fourth-order valence-electron chi connectivity index (χ4n) is 0.713. The Morgan fingerprint density at radius 1 is 1.56 bits per heavy atom. The SMILES string of the molecule is O=S1CCNC(O)(O)C1. The molecule has 3 N–H and O–H groups in total. The van der Waals surface area contributed by atoms with Crippen molar-refractivity contribution in [1.82, 2.24) is 5.32 Å². The molecule has 1 rings (SSSR count). The van der Waals surface area contributed by atoms with E-state index in [4.69, 9.17) is 10.2 Å². The second-order valence-corrected chi connectivity index (χ2v) is 3.61. The zero-order valence-electron chi connectivity index (χ0n) is 4.83. The number of nitrogens with one attached hydrogen (secondary N) is 1. The number of rotatable bonds is 0. The molecule has 0 amide bonds. The summed E-state index contributed by atoms with van der Waals surface area (Å²) in [5, 5.41) is 20.0. The van der Waals surface area contributed by atoms with Gasteiger partial charge in [-0.05, 0) is 0 Å². The van der Waals surface area contributed by atoms with Gasteiger partial charge in [0.05, 0.1) is 5.75 Å². The van der Waals surface area contributed by atoms with E-state index in [1.54, 1.807) is 0 Å². The highest BCUT2D eigenvalue weighted by Gasteiger charge is 2.29. The van der Waals surface area contributed by atoms with Crippen LogP contribution in [0, 0.1) is 0 Å². The maximum absolute atomic E-state index is 10.6. The van der Waals surface area contributed by atoms with Crippen LogP contribution in [0.2, 0.25) is 0 Å². The van der Waals surface area contributed by atoms with Crippen molar-refractivity contribution in [2.75, 3.05) is 18.1 Å². The molecule has 9 heavy (non-hydrogen) atoms. The summed E-state index contributed by atoms with van der Waals surface area (Å²) in [4.78, 5) is 0. The molecule has 0 aromatic heterocycles. The molecule has 1 aliphatic rings. The lowest BCUT2D eigenvalue weighted by Gasteiger charge is -2.26. The van der Waals surface area contributed by atoms with Crippen molar-refractivity contribution in [1.29, 1.82) is 0 Å². The van der Waals surface area contributed by atoms with Crippen molar-refractivity contribution in [3.8, 4) is 0 Å². The monoisotopic (exact) mass is 151 g/mol. The maximum atomic E-state index is 10.6. The van der Waals surface area contributed by atoms with E-state index in [1.807, 2.05) is 0 Å². The van der Waals surface area contributed by atoms with Crippen molar-refractivity contribution < 1.29 is 14.4 Å². The Morgan fingerprint density at radius 3 is 2.56 bits per heavy atom. The van der Waals surface area contributed by atoms with Gasteiger partial charge in [-0.1, -0.05) is 0 Å². The van der Waals surface area contributed by atoms with Crippen molar-refractivity contribution in [2.24, 2.45) is 0 Å². The van der Waals surface area contributed by atoms with Crippen LogP contribution in [0.5, 0.6) is 0 Å². The van der Waals surface area contributed by atoms with Gasteiger partial charge in [-0.25, -0.2) is 0 Å². The molecule has 0 saturated carbocycles. The molecule has 1 aliphatic heterocycles. The lowest BCUT2D eigenvalue weighted by atomic mass is 10.5. The van der Waals surface area contributed by atoms with Gasteiger partial charge in [-0.3, -0.25) is 9.53 Å². The van der Waals surface area contributed by atoms with E-state index in [0.29, 0.717) is 12.3 Å². The zero-order chi connectivity index (χ0) is 6.91. The second kappa shape index (κ2) is 2.34. The summed E-state index contributed by atoms with van der Waals surface area (Å²) in [6, 6.07) is 0. The van der Waals surface area contributed by atoms with Crippen LogP contribution in [0.3, 0.4) is 0 Å². The van der Waals surface area contributed by atoms with E-state index < -0.39 is 16.7 Å². The fraction of sp³-hybridized carbons (Fsp3) is 1.00. The molecule has 0 aromatic carbocycles. The van der Waals surface area contributed by atoms with Gasteiger partial charge < -0.3 is 10.2 Å². The molecule has 4 nitrogen and oxygen atoms in total. The predicted molar refractivity (Wildman–Crippen MR) is 33.0 cm³/mol. The van der Waals surface area contributed by atoms with Crippen LogP contribution in [-0.2, 0) is 10.8 Å². The largest absolute Gasteiger partial charge is 0.353 e. The minimum atomic E-state index is -1.90. The normalized spacial score (nSPS) is 34.2. The van der Waals surface area contributed by atoms with E-state index in [1.165, 1.54) is 0 Å². The van der Waals surface area contributed by atoms with Crippen LogP contribution in [0.1, 0.15) is 0 Å². The Hall–Kier alpha value is 0.0300. The molecule has 1 saturated heterocycles. The van der Waals surface area contributed by atoms with Crippen molar-refractivity contribution in [3.63, 3.8) is 0 Å². The molecule has 0 aromatic rings. The van der Waals surface area contributed by atoms with Crippen molar-refractivity contribution in [2.45, 2.75) is 5.91 Å². The highest BCUT2D eigenvalue weighted by Crippen LogP contribution is 2.02. The fourth-order valence-corrected chi connectivity index (χ4v) is 1.74. The molecule has 0 spiro atoms. The summed E-state index contributed by atoms with van der Waals surface area (Å²) < 4.78 is 10.6. The third-order valence-corrected chi connectivity index (χ3v) is 2.48. The van der Waals surface area contributed by atoms with Crippen LogP contribution >= 0.6 is 0 Å². The molecule has 1 heterocycles. The number of aliphatic hydroxyl groups is 2. The summed E-state index contributed by atoms with van der Waals surface area (Å²) in [6.07, 6.45) is 0. The molecule has 1 unspecified atom stereocenters. The quantitative estimate of drug-likeness (QED) is 0.349. The smallest absolute Gasteiger partial charge is 0.234 e. The Morgan fingerprint density at radius 2 is 2.22 bits per heavy atom. The van der Waals surface area contributed by atoms with E-state index in [0.717, 1.165) is 0 Å². The molecule has 1 fully saturated rings. The van der Waals surface area contributed by atoms with Gasteiger partial charge in [0.2, 0.25) is 5.91 Å². The van der Waals surface area contributed by atoms with E-state index in [9.17, 15) is 4.21 Å². The molecule has 0 aliphatic carbocycles. The molecule has 0 bridgehead atoms. The van der Waals surface area contributed by atoms with Gasteiger partial charge >= 0.3 is 0 Å². The summed E-state index contributed by atoms with van der Waals surface area (Å²) in [6.45, 7) is 0.402. The molecular formula is C4H9NO3S. The van der Waals surface area contributed by atoms with Crippen molar-refractivity contribution >= 4 is 10.8 Å². The van der Waals surface area contributed by atoms with Crippen LogP contribution in [0.25, 0.3) is 0 Å². The van der Waals surface area contributed by atoms with Crippen LogP contribution in [-0.4, -0.2) is 38.4 Å². The third-order valence-electron chi connectivity index (χ3n) is 1.10. The summed E-state index contributed by atoms with van der Waals surface area (Å²) in [5.41, 5.74) is 0. The summed E-state index contributed by atoms with van der Waals surface area (Å²) >= 11 is 0. The predicted octanol–water partition coefficient (Wildman–Crippen LogP) is -2.02. The van der Waals surface area contributed by atoms with E-state index >= 15 is 0 Å². The molecule has 5 heteroatoms. The number of hydrogen-bond acceptors (Lipinski definition) is 4. The molecule has 0 radical (unpaired) electrons. The second-order valence-electron chi connectivity index (χ2n) is 2.03. The van der Waals surface area contributed by atoms with E-state index in [2.05, 4.69) is 5.32 Å². The average molecular weight is 151 g/mol. The van der Waals surface area contributed by atoms with Crippen LogP contribution in [0.15, 0.2) is 0 Å². The Bertz CT molecular complexity index is 136. The average Bonchev–Trinajstić information content (AvgIpc) is 1.60. The summed E-state index contributed by atoms with van der Waals surface area (Å²) in [7, 11) is -1.07. The van der Waals surface area contributed by atoms with Gasteiger partial charge in [0.15, 0.2) is 0 Å². The van der Waals surface area contributed by atoms with Crippen LogP contribution in [0.4, 0.5) is 0 Å². The molecule has 54 valence electrons. The molecule has 1 atom stereocenters. The Balaban J connectivity index is 2.51. The first-order chi connectivity index (χ1) is 4.10. The van der Waals surface area contributed by atoms with Gasteiger partial charge in [-0.15, -0.1) is 0 Å². The standard InChI is InChI=1S/C4H9NO3S/c6-4(7)3-9(8)2-1-5-4/h5-7H,1-3H2. The molecular weight excluding hydrogens is 142 g/mol. The minimum Gasteiger partial charge on any atom is -0.353 e. The highest BCUT2D eigenvalue weighted by atomic mass is 32.2. The summed E-state index contributed by atoms with van der Waals surface area (Å²) in [5.74, 6) is -1.49. The first-order valence-corrected chi connectivity index (χ1v) is 4.14. The van der Waals surface area contributed by atoms with Gasteiger partial charge in [0.1, 0.15) is 0 Å². The third kappa shape index (κ3) is 2.02. The van der Waals surface area contributed by atoms with Crippen LogP contribution < -0.4 is 5.32 Å².